The molecule has 2 heterocycles. The summed E-state index contributed by atoms with van der Waals surface area (Å²) >= 11 is 1.35. The summed E-state index contributed by atoms with van der Waals surface area (Å²) in [7, 11) is 1.56. The SMILES string of the molecule is COc1ncccc1CSc1ncccc1C(=O)O. The van der Waals surface area contributed by atoms with Gasteiger partial charge in [-0.15, -0.1) is 11.8 Å². The summed E-state index contributed by atoms with van der Waals surface area (Å²) in [6.07, 6.45) is 3.23. The lowest BCUT2D eigenvalue weighted by Gasteiger charge is -2.07. The molecule has 6 heteroatoms. The van der Waals surface area contributed by atoms with E-state index in [9.17, 15) is 4.79 Å². The Kier molecular flexibility index (Phi) is 4.35. The van der Waals surface area contributed by atoms with Crippen molar-refractivity contribution in [1.82, 2.24) is 9.97 Å². The Morgan fingerprint density at radius 2 is 2.05 bits per heavy atom. The van der Waals surface area contributed by atoms with Gasteiger partial charge in [0.05, 0.1) is 12.7 Å². The van der Waals surface area contributed by atoms with Crippen molar-refractivity contribution in [2.45, 2.75) is 10.8 Å². The molecule has 1 N–H and O–H groups in total. The first-order chi connectivity index (χ1) is 9.22. The summed E-state index contributed by atoms with van der Waals surface area (Å²) < 4.78 is 5.15. The number of carbonyl (C=O) groups is 1. The van der Waals surface area contributed by atoms with Crippen LogP contribution in [0, 0.1) is 0 Å². The third-order valence-electron chi connectivity index (χ3n) is 2.41. The number of aromatic carboxylic acids is 1. The molecule has 0 aliphatic rings. The maximum atomic E-state index is 11.1. The van der Waals surface area contributed by atoms with E-state index in [0.717, 1.165) is 5.56 Å². The molecule has 2 aromatic heterocycles. The lowest BCUT2D eigenvalue weighted by molar-refractivity contribution is 0.0692. The summed E-state index contributed by atoms with van der Waals surface area (Å²) in [6, 6.07) is 6.85. The number of nitrogens with zero attached hydrogens (tertiary/aromatic N) is 2. The molecule has 0 amide bonds. The zero-order valence-corrected chi connectivity index (χ0v) is 11.1. The van der Waals surface area contributed by atoms with Gasteiger partial charge in [0, 0.05) is 23.7 Å². The molecular formula is C13H12N2O3S. The second-order valence-electron chi connectivity index (χ2n) is 3.62. The molecule has 0 aliphatic carbocycles. The van der Waals surface area contributed by atoms with Gasteiger partial charge in [0.2, 0.25) is 5.88 Å². The maximum absolute atomic E-state index is 11.1. The Morgan fingerprint density at radius 1 is 1.32 bits per heavy atom. The minimum atomic E-state index is -0.978. The van der Waals surface area contributed by atoms with Gasteiger partial charge < -0.3 is 9.84 Å². The van der Waals surface area contributed by atoms with Crippen molar-refractivity contribution < 1.29 is 14.6 Å². The van der Waals surface area contributed by atoms with Crippen LogP contribution in [0.4, 0.5) is 0 Å². The molecule has 5 nitrogen and oxygen atoms in total. The molecule has 0 aromatic carbocycles. The molecule has 0 radical (unpaired) electrons. The van der Waals surface area contributed by atoms with Gasteiger partial charge in [-0.25, -0.2) is 14.8 Å². The molecule has 0 unspecified atom stereocenters. The highest BCUT2D eigenvalue weighted by molar-refractivity contribution is 7.98. The number of methoxy groups -OCH3 is 1. The largest absolute Gasteiger partial charge is 0.481 e. The number of thioether (sulfide) groups is 1. The highest BCUT2D eigenvalue weighted by Crippen LogP contribution is 2.27. The Balaban J connectivity index is 2.17. The minimum Gasteiger partial charge on any atom is -0.481 e. The Bertz CT molecular complexity index is 590. The standard InChI is InChI=1S/C13H12N2O3S/c1-18-11-9(4-2-6-14-11)8-19-12-10(13(16)17)5-3-7-15-12/h2-7H,8H2,1H3,(H,16,17). The number of rotatable bonds is 5. The molecule has 19 heavy (non-hydrogen) atoms. The molecule has 2 aromatic rings. The van der Waals surface area contributed by atoms with Gasteiger partial charge in [-0.2, -0.15) is 0 Å². The van der Waals surface area contributed by atoms with E-state index in [-0.39, 0.29) is 5.56 Å². The molecular weight excluding hydrogens is 264 g/mol. The van der Waals surface area contributed by atoms with Gasteiger partial charge in [-0.1, -0.05) is 6.07 Å². The summed E-state index contributed by atoms with van der Waals surface area (Å²) in [6.45, 7) is 0. The number of hydrogen-bond acceptors (Lipinski definition) is 5. The van der Waals surface area contributed by atoms with Gasteiger partial charge >= 0.3 is 5.97 Å². The highest BCUT2D eigenvalue weighted by atomic mass is 32.2. The Labute approximate surface area is 114 Å². The summed E-state index contributed by atoms with van der Waals surface area (Å²) in [4.78, 5) is 19.3. The number of hydrogen-bond donors (Lipinski definition) is 1. The summed E-state index contributed by atoms with van der Waals surface area (Å²) in [5, 5.41) is 9.56. The average Bonchev–Trinajstić information content (AvgIpc) is 2.45. The fourth-order valence-corrected chi connectivity index (χ4v) is 2.49. The lowest BCUT2D eigenvalue weighted by atomic mass is 10.3. The predicted molar refractivity (Wildman–Crippen MR) is 71.5 cm³/mol. The zero-order valence-electron chi connectivity index (χ0n) is 10.2. The third-order valence-corrected chi connectivity index (χ3v) is 3.46. The van der Waals surface area contributed by atoms with Crippen LogP contribution in [0.5, 0.6) is 5.88 Å². The quantitative estimate of drug-likeness (QED) is 0.846. The van der Waals surface area contributed by atoms with Crippen LogP contribution in [0.3, 0.4) is 0 Å². The van der Waals surface area contributed by atoms with Crippen LogP contribution in [0.1, 0.15) is 15.9 Å². The van der Waals surface area contributed by atoms with E-state index in [0.29, 0.717) is 16.7 Å². The van der Waals surface area contributed by atoms with Gasteiger partial charge in [-0.3, -0.25) is 0 Å². The second-order valence-corrected chi connectivity index (χ2v) is 4.59. The molecule has 98 valence electrons. The predicted octanol–water partition coefficient (Wildman–Crippen LogP) is 2.48. The number of pyridine rings is 2. The van der Waals surface area contributed by atoms with E-state index in [1.165, 1.54) is 17.8 Å². The van der Waals surface area contributed by atoms with Crippen molar-refractivity contribution >= 4 is 17.7 Å². The lowest BCUT2D eigenvalue weighted by Crippen LogP contribution is -2.00. The highest BCUT2D eigenvalue weighted by Gasteiger charge is 2.12. The molecule has 0 aliphatic heterocycles. The van der Waals surface area contributed by atoms with E-state index in [1.807, 2.05) is 12.1 Å². The fraction of sp³-hybridized carbons (Fsp3) is 0.154. The van der Waals surface area contributed by atoms with Crippen molar-refractivity contribution in [2.24, 2.45) is 0 Å². The van der Waals surface area contributed by atoms with Crippen molar-refractivity contribution in [3.63, 3.8) is 0 Å². The van der Waals surface area contributed by atoms with Crippen molar-refractivity contribution in [3.05, 3.63) is 47.8 Å². The van der Waals surface area contributed by atoms with E-state index >= 15 is 0 Å². The van der Waals surface area contributed by atoms with Crippen LogP contribution in [0.25, 0.3) is 0 Å². The van der Waals surface area contributed by atoms with Crippen LogP contribution < -0.4 is 4.74 Å². The number of carboxylic acid groups (broad SMARTS) is 1. The topological polar surface area (TPSA) is 72.3 Å². The molecule has 0 atom stereocenters. The average molecular weight is 276 g/mol. The first-order valence-corrected chi connectivity index (χ1v) is 6.50. The van der Waals surface area contributed by atoms with Gasteiger partial charge in [0.25, 0.3) is 0 Å². The smallest absolute Gasteiger partial charge is 0.338 e. The zero-order chi connectivity index (χ0) is 13.7. The molecule has 0 saturated heterocycles. The van der Waals surface area contributed by atoms with Gasteiger partial charge in [-0.05, 0) is 18.2 Å². The Hall–Kier alpha value is -2.08. The first-order valence-electron chi connectivity index (χ1n) is 5.51. The van der Waals surface area contributed by atoms with Crippen LogP contribution in [0.15, 0.2) is 41.7 Å². The first kappa shape index (κ1) is 13.4. The molecule has 0 fully saturated rings. The van der Waals surface area contributed by atoms with E-state index in [4.69, 9.17) is 9.84 Å². The van der Waals surface area contributed by atoms with E-state index in [2.05, 4.69) is 9.97 Å². The third kappa shape index (κ3) is 3.23. The fourth-order valence-electron chi connectivity index (χ4n) is 1.53. The van der Waals surface area contributed by atoms with E-state index in [1.54, 1.807) is 25.6 Å². The normalized spacial score (nSPS) is 10.2. The van der Waals surface area contributed by atoms with Crippen LogP contribution in [-0.2, 0) is 5.75 Å². The van der Waals surface area contributed by atoms with E-state index < -0.39 is 5.97 Å². The van der Waals surface area contributed by atoms with Crippen molar-refractivity contribution in [3.8, 4) is 5.88 Å². The van der Waals surface area contributed by atoms with Gasteiger partial charge in [0.1, 0.15) is 5.03 Å². The van der Waals surface area contributed by atoms with Crippen LogP contribution in [-0.4, -0.2) is 28.2 Å². The minimum absolute atomic E-state index is 0.204. The maximum Gasteiger partial charge on any atom is 0.338 e. The summed E-state index contributed by atoms with van der Waals surface area (Å²) in [5.74, 6) is 0.116. The van der Waals surface area contributed by atoms with Crippen molar-refractivity contribution in [1.29, 1.82) is 0 Å². The monoisotopic (exact) mass is 276 g/mol. The number of carboxylic acids is 1. The molecule has 0 spiro atoms. The molecule has 0 saturated carbocycles. The summed E-state index contributed by atoms with van der Waals surface area (Å²) in [5.41, 5.74) is 1.10. The van der Waals surface area contributed by atoms with Crippen LogP contribution in [0.2, 0.25) is 0 Å². The van der Waals surface area contributed by atoms with Gasteiger partial charge in [0.15, 0.2) is 0 Å². The second kappa shape index (κ2) is 6.19. The Morgan fingerprint density at radius 3 is 2.79 bits per heavy atom. The molecule has 0 bridgehead atoms. The number of aromatic nitrogens is 2. The number of ether oxygens (including phenoxy) is 1. The van der Waals surface area contributed by atoms with Crippen molar-refractivity contribution in [2.75, 3.05) is 7.11 Å². The molecule has 2 rings (SSSR count). The van der Waals surface area contributed by atoms with Crippen LogP contribution >= 0.6 is 11.8 Å².